The summed E-state index contributed by atoms with van der Waals surface area (Å²) in [5.74, 6) is -1.52. The number of hydrogen-bond acceptors (Lipinski definition) is 5. The van der Waals surface area contributed by atoms with E-state index >= 15 is 0 Å². The first-order valence-corrected chi connectivity index (χ1v) is 7.50. The molecule has 0 aliphatic carbocycles. The van der Waals surface area contributed by atoms with E-state index in [0.29, 0.717) is 5.56 Å². The van der Waals surface area contributed by atoms with Crippen LogP contribution in [-0.2, 0) is 11.3 Å². The minimum atomic E-state index is -4.83. The van der Waals surface area contributed by atoms with Gasteiger partial charge in [-0.1, -0.05) is 19.1 Å². The molecule has 0 unspecified atom stereocenters. The normalized spacial score (nSPS) is 10.9. The highest BCUT2D eigenvalue weighted by molar-refractivity contribution is 5.93. The van der Waals surface area contributed by atoms with Gasteiger partial charge in [0.1, 0.15) is 11.4 Å². The van der Waals surface area contributed by atoms with Gasteiger partial charge in [-0.3, -0.25) is 20.0 Å². The molecule has 1 aromatic heterocycles. The number of nitrogens with one attached hydrogen (secondary N) is 1. The summed E-state index contributed by atoms with van der Waals surface area (Å²) in [6, 6.07) is 5.11. The maximum Gasteiger partial charge on any atom is 0.573 e. The van der Waals surface area contributed by atoms with Crippen LogP contribution >= 0.6 is 0 Å². The molecule has 0 atom stereocenters. The van der Waals surface area contributed by atoms with Crippen molar-refractivity contribution in [1.29, 1.82) is 0 Å². The molecule has 10 heteroatoms. The summed E-state index contributed by atoms with van der Waals surface area (Å²) in [5, 5.41) is 0.961. The first-order chi connectivity index (χ1) is 12.3. The lowest BCUT2D eigenvalue weighted by molar-refractivity contribution is -0.274. The van der Waals surface area contributed by atoms with Crippen LogP contribution in [-0.4, -0.2) is 33.2 Å². The molecule has 2 rings (SSSR count). The molecule has 0 radical (unpaired) electrons. The molecule has 0 saturated heterocycles. The van der Waals surface area contributed by atoms with Gasteiger partial charge >= 0.3 is 6.36 Å². The zero-order valence-electron chi connectivity index (χ0n) is 13.7. The van der Waals surface area contributed by atoms with E-state index in [1.54, 1.807) is 6.92 Å². The molecule has 2 aromatic rings. The van der Waals surface area contributed by atoms with Crippen molar-refractivity contribution in [3.8, 4) is 5.75 Å². The molecule has 26 heavy (non-hydrogen) atoms. The second-order valence-corrected chi connectivity index (χ2v) is 5.07. The van der Waals surface area contributed by atoms with Crippen molar-refractivity contribution >= 4 is 11.8 Å². The van der Waals surface area contributed by atoms with Crippen LogP contribution in [0.4, 0.5) is 13.2 Å². The van der Waals surface area contributed by atoms with Crippen molar-refractivity contribution in [2.45, 2.75) is 26.3 Å². The number of benzene rings is 1. The first-order valence-electron chi connectivity index (χ1n) is 7.50. The lowest BCUT2D eigenvalue weighted by Crippen LogP contribution is -2.45. The first kappa shape index (κ1) is 19.2. The third-order valence-corrected chi connectivity index (χ3v) is 3.08. The van der Waals surface area contributed by atoms with Crippen LogP contribution in [0, 0.1) is 0 Å². The number of hydrogen-bond donors (Lipinski definition) is 1. The molecule has 0 fully saturated rings. The average molecular weight is 368 g/mol. The lowest BCUT2D eigenvalue weighted by Gasteiger charge is -2.23. The van der Waals surface area contributed by atoms with Gasteiger partial charge in [0, 0.05) is 18.8 Å². The second kappa shape index (κ2) is 8.28. The van der Waals surface area contributed by atoms with Gasteiger partial charge in [0.15, 0.2) is 0 Å². The smallest absolute Gasteiger partial charge is 0.406 e. The number of ether oxygens (including phenoxy) is 1. The Labute approximate surface area is 146 Å². The molecule has 0 saturated carbocycles. The SMILES string of the molecule is CCC(=O)NN(Cc1cccc(OC(F)(F)F)c1)C(=O)c1cnccn1. The van der Waals surface area contributed by atoms with Crippen LogP contribution in [0.2, 0.25) is 0 Å². The summed E-state index contributed by atoms with van der Waals surface area (Å²) in [6.45, 7) is 1.41. The Balaban J connectivity index is 2.22. The van der Waals surface area contributed by atoms with Crippen molar-refractivity contribution in [3.05, 3.63) is 54.1 Å². The predicted octanol–water partition coefficient (Wildman–Crippen LogP) is 2.46. The van der Waals surface area contributed by atoms with Gasteiger partial charge in [-0.2, -0.15) is 0 Å². The molecule has 0 spiro atoms. The lowest BCUT2D eigenvalue weighted by atomic mass is 10.2. The second-order valence-electron chi connectivity index (χ2n) is 5.07. The Bertz CT molecular complexity index is 769. The topological polar surface area (TPSA) is 84.4 Å². The zero-order chi connectivity index (χ0) is 19.2. The van der Waals surface area contributed by atoms with Gasteiger partial charge in [0.2, 0.25) is 5.91 Å². The number of nitrogens with zero attached hydrogens (tertiary/aromatic N) is 3. The Morgan fingerprint density at radius 1 is 1.27 bits per heavy atom. The third kappa shape index (κ3) is 5.72. The summed E-state index contributed by atoms with van der Waals surface area (Å²) in [4.78, 5) is 31.8. The Morgan fingerprint density at radius 2 is 2.04 bits per heavy atom. The Morgan fingerprint density at radius 3 is 2.65 bits per heavy atom. The van der Waals surface area contributed by atoms with Crippen LogP contribution in [0.15, 0.2) is 42.9 Å². The maximum atomic E-state index is 12.5. The number of carbonyl (C=O) groups excluding carboxylic acids is 2. The standard InChI is InChI=1S/C16H15F3N4O3/c1-2-14(24)22-23(15(25)13-9-20-6-7-21-13)10-11-4-3-5-12(8-11)26-16(17,18)19/h3-9H,2,10H2,1H3,(H,22,24). The molecular weight excluding hydrogens is 353 g/mol. The average Bonchev–Trinajstić information content (AvgIpc) is 2.60. The summed E-state index contributed by atoms with van der Waals surface area (Å²) >= 11 is 0. The van der Waals surface area contributed by atoms with E-state index in [0.717, 1.165) is 17.1 Å². The minimum absolute atomic E-state index is 0.0217. The number of rotatable bonds is 5. The van der Waals surface area contributed by atoms with E-state index in [9.17, 15) is 22.8 Å². The molecule has 1 N–H and O–H groups in total. The highest BCUT2D eigenvalue weighted by atomic mass is 19.4. The Hall–Kier alpha value is -3.17. The van der Waals surface area contributed by atoms with Crippen LogP contribution in [0.25, 0.3) is 0 Å². The minimum Gasteiger partial charge on any atom is -0.406 e. The largest absolute Gasteiger partial charge is 0.573 e. The maximum absolute atomic E-state index is 12.5. The van der Waals surface area contributed by atoms with Crippen LogP contribution in [0.1, 0.15) is 29.4 Å². The highest BCUT2D eigenvalue weighted by Gasteiger charge is 2.31. The number of alkyl halides is 3. The monoisotopic (exact) mass is 368 g/mol. The summed E-state index contributed by atoms with van der Waals surface area (Å²) in [6.07, 6.45) is -0.809. The number of amides is 2. The van der Waals surface area contributed by atoms with Crippen LogP contribution in [0.5, 0.6) is 5.75 Å². The predicted molar refractivity (Wildman–Crippen MR) is 83.5 cm³/mol. The molecule has 0 aliphatic heterocycles. The quantitative estimate of drug-likeness (QED) is 0.820. The van der Waals surface area contributed by atoms with Crippen molar-refractivity contribution in [2.75, 3.05) is 0 Å². The molecule has 1 heterocycles. The third-order valence-electron chi connectivity index (χ3n) is 3.08. The van der Waals surface area contributed by atoms with Crippen LogP contribution in [0.3, 0.4) is 0 Å². The fraction of sp³-hybridized carbons (Fsp3) is 0.250. The molecule has 0 aliphatic rings. The van der Waals surface area contributed by atoms with E-state index in [-0.39, 0.29) is 18.7 Å². The summed E-state index contributed by atoms with van der Waals surface area (Å²) in [5.41, 5.74) is 2.69. The van der Waals surface area contributed by atoms with E-state index in [4.69, 9.17) is 0 Å². The fourth-order valence-corrected chi connectivity index (χ4v) is 1.96. The van der Waals surface area contributed by atoms with Gasteiger partial charge in [-0.15, -0.1) is 13.2 Å². The number of aromatic nitrogens is 2. The van der Waals surface area contributed by atoms with E-state index in [1.807, 2.05) is 0 Å². The van der Waals surface area contributed by atoms with E-state index < -0.39 is 23.9 Å². The molecule has 2 amide bonds. The van der Waals surface area contributed by atoms with Crippen molar-refractivity contribution in [1.82, 2.24) is 20.4 Å². The van der Waals surface area contributed by atoms with E-state index in [1.165, 1.54) is 30.7 Å². The van der Waals surface area contributed by atoms with Crippen molar-refractivity contribution in [2.24, 2.45) is 0 Å². The number of carbonyl (C=O) groups is 2. The van der Waals surface area contributed by atoms with Gasteiger partial charge in [0.05, 0.1) is 12.7 Å². The van der Waals surface area contributed by atoms with Gasteiger partial charge in [-0.25, -0.2) is 9.99 Å². The summed E-state index contributed by atoms with van der Waals surface area (Å²) < 4.78 is 40.9. The molecular formula is C16H15F3N4O3. The number of halogens is 3. The van der Waals surface area contributed by atoms with E-state index in [2.05, 4.69) is 20.1 Å². The molecule has 0 bridgehead atoms. The van der Waals surface area contributed by atoms with Gasteiger partial charge < -0.3 is 4.74 Å². The molecule has 1 aromatic carbocycles. The number of hydrazine groups is 1. The Kier molecular flexibility index (Phi) is 6.10. The highest BCUT2D eigenvalue weighted by Crippen LogP contribution is 2.23. The van der Waals surface area contributed by atoms with Gasteiger partial charge in [-0.05, 0) is 17.7 Å². The summed E-state index contributed by atoms with van der Waals surface area (Å²) in [7, 11) is 0. The molecule has 138 valence electrons. The van der Waals surface area contributed by atoms with Crippen molar-refractivity contribution < 1.29 is 27.5 Å². The fourth-order valence-electron chi connectivity index (χ4n) is 1.96. The molecule has 7 nitrogen and oxygen atoms in total. The van der Waals surface area contributed by atoms with Crippen molar-refractivity contribution in [3.63, 3.8) is 0 Å². The van der Waals surface area contributed by atoms with Crippen LogP contribution < -0.4 is 10.2 Å². The zero-order valence-corrected chi connectivity index (χ0v) is 13.7. The van der Waals surface area contributed by atoms with Gasteiger partial charge in [0.25, 0.3) is 5.91 Å².